The number of hydrogen-bond donors (Lipinski definition) is 3. The second-order valence-corrected chi connectivity index (χ2v) is 5.92. The highest BCUT2D eigenvalue weighted by Crippen LogP contribution is 2.10. The lowest BCUT2D eigenvalue weighted by Crippen LogP contribution is -2.36. The van der Waals surface area contributed by atoms with Crippen LogP contribution in [0.1, 0.15) is 30.5 Å². The molecule has 0 saturated heterocycles. The summed E-state index contributed by atoms with van der Waals surface area (Å²) in [7, 11) is 0. The number of nitrogens with zero attached hydrogens (tertiary/aromatic N) is 1. The fraction of sp³-hybridized carbons (Fsp3) is 0.300. The molecule has 0 saturated carbocycles. The van der Waals surface area contributed by atoms with Crippen LogP contribution < -0.4 is 16.0 Å². The molecule has 0 atom stereocenters. The first-order chi connectivity index (χ1) is 12.1. The van der Waals surface area contributed by atoms with Gasteiger partial charge in [-0.2, -0.15) is 0 Å². The normalized spacial score (nSPS) is 10.7. The van der Waals surface area contributed by atoms with Crippen LogP contribution in [0.15, 0.2) is 53.5 Å². The van der Waals surface area contributed by atoms with Gasteiger partial charge in [-0.15, -0.1) is 24.0 Å². The smallest absolute Gasteiger partial charge is 0.221 e. The van der Waals surface area contributed by atoms with Crippen molar-refractivity contribution in [3.8, 4) is 0 Å². The number of aryl methyl sites for hydroxylation is 1. The quantitative estimate of drug-likeness (QED) is 0.345. The maximum Gasteiger partial charge on any atom is 0.221 e. The molecule has 0 radical (unpaired) electrons. The van der Waals surface area contributed by atoms with E-state index in [1.807, 2.05) is 37.3 Å². The van der Waals surface area contributed by atoms with Crippen LogP contribution in [-0.2, 0) is 17.9 Å². The first-order valence-electron chi connectivity index (χ1n) is 8.51. The molecule has 1 amide bonds. The maximum absolute atomic E-state index is 11.2. The van der Waals surface area contributed by atoms with Gasteiger partial charge in [0.25, 0.3) is 0 Å². The van der Waals surface area contributed by atoms with Gasteiger partial charge in [-0.05, 0) is 37.1 Å². The van der Waals surface area contributed by atoms with Gasteiger partial charge in [0.1, 0.15) is 0 Å². The van der Waals surface area contributed by atoms with Gasteiger partial charge in [0.15, 0.2) is 5.96 Å². The number of hydrogen-bond acceptors (Lipinski definition) is 2. The SMILES string of the molecule is CCNC(=NCc1cccc(C)c1)NCc1cccc(NC(C)=O)c1.I. The molecule has 0 bridgehead atoms. The third-order valence-corrected chi connectivity index (χ3v) is 3.55. The summed E-state index contributed by atoms with van der Waals surface area (Å²) in [5.74, 6) is 0.701. The van der Waals surface area contributed by atoms with Crippen LogP contribution in [0.5, 0.6) is 0 Å². The van der Waals surface area contributed by atoms with E-state index < -0.39 is 0 Å². The van der Waals surface area contributed by atoms with E-state index in [2.05, 4.69) is 46.1 Å². The van der Waals surface area contributed by atoms with Crippen LogP contribution in [0.4, 0.5) is 5.69 Å². The Morgan fingerprint density at radius 3 is 2.46 bits per heavy atom. The summed E-state index contributed by atoms with van der Waals surface area (Å²) in [6, 6.07) is 16.1. The Morgan fingerprint density at radius 1 is 1.04 bits per heavy atom. The van der Waals surface area contributed by atoms with Gasteiger partial charge in [-0.3, -0.25) is 4.79 Å². The number of carbonyl (C=O) groups excluding carboxylic acids is 1. The molecule has 2 aromatic rings. The van der Waals surface area contributed by atoms with E-state index in [-0.39, 0.29) is 29.9 Å². The van der Waals surface area contributed by atoms with Crippen molar-refractivity contribution < 1.29 is 4.79 Å². The van der Waals surface area contributed by atoms with Gasteiger partial charge in [0.05, 0.1) is 6.54 Å². The summed E-state index contributed by atoms with van der Waals surface area (Å²) < 4.78 is 0. The molecule has 0 unspecified atom stereocenters. The minimum Gasteiger partial charge on any atom is -0.357 e. The molecule has 2 rings (SSSR count). The number of aliphatic imine (C=N–C) groups is 1. The highest BCUT2D eigenvalue weighted by molar-refractivity contribution is 14.0. The molecule has 5 nitrogen and oxygen atoms in total. The molecule has 140 valence electrons. The van der Waals surface area contributed by atoms with Crippen LogP contribution in [-0.4, -0.2) is 18.4 Å². The van der Waals surface area contributed by atoms with Crippen molar-refractivity contribution in [1.29, 1.82) is 0 Å². The van der Waals surface area contributed by atoms with E-state index in [4.69, 9.17) is 0 Å². The lowest BCUT2D eigenvalue weighted by molar-refractivity contribution is -0.114. The summed E-state index contributed by atoms with van der Waals surface area (Å²) in [5, 5.41) is 9.38. The first-order valence-corrected chi connectivity index (χ1v) is 8.51. The van der Waals surface area contributed by atoms with E-state index in [0.29, 0.717) is 13.1 Å². The Morgan fingerprint density at radius 2 is 1.77 bits per heavy atom. The van der Waals surface area contributed by atoms with Gasteiger partial charge in [-0.1, -0.05) is 42.0 Å². The van der Waals surface area contributed by atoms with Crippen molar-refractivity contribution in [2.45, 2.75) is 33.9 Å². The second-order valence-electron chi connectivity index (χ2n) is 5.92. The van der Waals surface area contributed by atoms with Gasteiger partial charge in [0, 0.05) is 25.7 Å². The summed E-state index contributed by atoms with van der Waals surface area (Å²) in [6.07, 6.45) is 0. The Balaban J connectivity index is 0.00000338. The zero-order chi connectivity index (χ0) is 18.1. The van der Waals surface area contributed by atoms with Crippen LogP contribution >= 0.6 is 24.0 Å². The molecule has 26 heavy (non-hydrogen) atoms. The summed E-state index contributed by atoms with van der Waals surface area (Å²) in [6.45, 7) is 7.69. The van der Waals surface area contributed by atoms with Gasteiger partial charge in [0.2, 0.25) is 5.91 Å². The minimum atomic E-state index is -0.0711. The highest BCUT2D eigenvalue weighted by Gasteiger charge is 2.01. The van der Waals surface area contributed by atoms with Crippen LogP contribution in [0.3, 0.4) is 0 Å². The third-order valence-electron chi connectivity index (χ3n) is 3.55. The monoisotopic (exact) mass is 466 g/mol. The molecule has 0 aliphatic heterocycles. The van der Waals surface area contributed by atoms with Crippen LogP contribution in [0, 0.1) is 6.92 Å². The number of carbonyl (C=O) groups is 1. The van der Waals surface area contributed by atoms with Gasteiger partial charge < -0.3 is 16.0 Å². The molecule has 3 N–H and O–H groups in total. The summed E-state index contributed by atoms with van der Waals surface area (Å²) >= 11 is 0. The van der Waals surface area contributed by atoms with E-state index >= 15 is 0 Å². The lowest BCUT2D eigenvalue weighted by atomic mass is 10.1. The second kappa shape index (κ2) is 11.5. The fourth-order valence-electron chi connectivity index (χ4n) is 2.47. The maximum atomic E-state index is 11.2. The molecule has 0 aliphatic rings. The summed E-state index contributed by atoms with van der Waals surface area (Å²) in [4.78, 5) is 15.8. The Kier molecular flexibility index (Phi) is 9.72. The molecule has 0 aliphatic carbocycles. The predicted molar refractivity (Wildman–Crippen MR) is 119 cm³/mol. The standard InChI is InChI=1S/C20H26N4O.HI/c1-4-21-20(22-13-17-8-5-7-15(2)11-17)23-14-18-9-6-10-19(12-18)24-16(3)25;/h5-12H,4,13-14H2,1-3H3,(H,24,25)(H2,21,22,23);1H. The topological polar surface area (TPSA) is 65.5 Å². The Labute approximate surface area is 172 Å². The Bertz CT molecular complexity index is 746. The predicted octanol–water partition coefficient (Wildman–Crippen LogP) is 3.83. The zero-order valence-electron chi connectivity index (χ0n) is 15.5. The van der Waals surface area contributed by atoms with E-state index in [1.165, 1.54) is 18.1 Å². The molecule has 0 spiro atoms. The fourth-order valence-corrected chi connectivity index (χ4v) is 2.47. The largest absolute Gasteiger partial charge is 0.357 e. The average Bonchev–Trinajstić information content (AvgIpc) is 2.57. The minimum absolute atomic E-state index is 0. The number of nitrogens with one attached hydrogen (secondary N) is 3. The molecule has 0 fully saturated rings. The number of rotatable bonds is 6. The van der Waals surface area contributed by atoms with Crippen molar-refractivity contribution in [2.24, 2.45) is 4.99 Å². The summed E-state index contributed by atoms with van der Waals surface area (Å²) in [5.41, 5.74) is 4.30. The molecule has 0 heterocycles. The highest BCUT2D eigenvalue weighted by atomic mass is 127. The van der Waals surface area contributed by atoms with Crippen molar-refractivity contribution in [3.63, 3.8) is 0 Å². The average molecular weight is 466 g/mol. The van der Waals surface area contributed by atoms with Gasteiger partial charge in [-0.25, -0.2) is 4.99 Å². The number of guanidine groups is 1. The first kappa shape index (κ1) is 22.0. The molecule has 6 heteroatoms. The van der Waals surface area contributed by atoms with E-state index in [1.54, 1.807) is 0 Å². The lowest BCUT2D eigenvalue weighted by Gasteiger charge is -2.12. The number of anilines is 1. The third kappa shape index (κ3) is 7.86. The molecule has 0 aromatic heterocycles. The zero-order valence-corrected chi connectivity index (χ0v) is 17.8. The van der Waals surface area contributed by atoms with E-state index in [9.17, 15) is 4.79 Å². The van der Waals surface area contributed by atoms with Crippen molar-refractivity contribution in [3.05, 3.63) is 65.2 Å². The van der Waals surface area contributed by atoms with Crippen molar-refractivity contribution >= 4 is 41.5 Å². The van der Waals surface area contributed by atoms with E-state index in [0.717, 1.165) is 23.8 Å². The number of halogens is 1. The molecular weight excluding hydrogens is 439 g/mol. The van der Waals surface area contributed by atoms with Crippen LogP contribution in [0.25, 0.3) is 0 Å². The molecule has 2 aromatic carbocycles. The molecular formula is C20H27IN4O. The van der Waals surface area contributed by atoms with Crippen molar-refractivity contribution in [1.82, 2.24) is 10.6 Å². The number of amides is 1. The van der Waals surface area contributed by atoms with Crippen molar-refractivity contribution in [2.75, 3.05) is 11.9 Å². The van der Waals surface area contributed by atoms with Gasteiger partial charge >= 0.3 is 0 Å². The number of benzene rings is 2. The Hall–Kier alpha value is -2.09. The van der Waals surface area contributed by atoms with Crippen LogP contribution in [0.2, 0.25) is 0 Å².